The van der Waals surface area contributed by atoms with Crippen molar-refractivity contribution in [3.05, 3.63) is 0 Å². The van der Waals surface area contributed by atoms with Gasteiger partial charge >= 0.3 is 0 Å². The van der Waals surface area contributed by atoms with E-state index in [0.717, 1.165) is 24.8 Å². The molecule has 0 aromatic carbocycles. The molecule has 1 fully saturated rings. The van der Waals surface area contributed by atoms with E-state index in [0.29, 0.717) is 0 Å². The fourth-order valence-electron chi connectivity index (χ4n) is 2.53. The smallest absolute Gasteiger partial charge is 0.227 e. The highest BCUT2D eigenvalue weighted by molar-refractivity contribution is 5.96. The van der Waals surface area contributed by atoms with E-state index < -0.39 is 0 Å². The van der Waals surface area contributed by atoms with E-state index in [-0.39, 0.29) is 18.1 Å². The van der Waals surface area contributed by atoms with Gasteiger partial charge in [0, 0.05) is 6.54 Å². The zero-order valence-electron chi connectivity index (χ0n) is 10.4. The van der Waals surface area contributed by atoms with Gasteiger partial charge in [-0.2, -0.15) is 0 Å². The third-order valence-electron chi connectivity index (χ3n) is 3.33. The van der Waals surface area contributed by atoms with Gasteiger partial charge in [-0.3, -0.25) is 9.59 Å². The molecule has 1 rings (SSSR count). The third kappa shape index (κ3) is 5.29. The minimum atomic E-state index is -0.128. The lowest BCUT2D eigenvalue weighted by atomic mass is 9.81. The number of carbonyl (C=O) groups excluding carboxylic acids is 2. The molecular formula is C13H23NO2. The highest BCUT2D eigenvalue weighted by Gasteiger charge is 2.18. The van der Waals surface area contributed by atoms with E-state index in [2.05, 4.69) is 12.2 Å². The molecule has 1 aliphatic rings. The lowest BCUT2D eigenvalue weighted by molar-refractivity contribution is -0.127. The predicted molar refractivity (Wildman–Crippen MR) is 64.0 cm³/mol. The van der Waals surface area contributed by atoms with Crippen molar-refractivity contribution < 1.29 is 9.59 Å². The van der Waals surface area contributed by atoms with Gasteiger partial charge in [-0.1, -0.05) is 26.2 Å². The molecule has 3 heteroatoms. The van der Waals surface area contributed by atoms with Crippen LogP contribution in [0.1, 0.15) is 52.4 Å². The average molecular weight is 225 g/mol. The molecule has 2 unspecified atom stereocenters. The maximum Gasteiger partial charge on any atom is 0.227 e. The molecule has 1 N–H and O–H groups in total. The highest BCUT2D eigenvalue weighted by Crippen LogP contribution is 2.30. The summed E-state index contributed by atoms with van der Waals surface area (Å²) in [6.07, 6.45) is 6.37. The third-order valence-corrected chi connectivity index (χ3v) is 3.33. The molecule has 1 amide bonds. The molecule has 0 radical (unpaired) electrons. The number of hydrogen-bond donors (Lipinski definition) is 1. The van der Waals surface area contributed by atoms with E-state index in [1.165, 1.54) is 32.6 Å². The van der Waals surface area contributed by atoms with Crippen molar-refractivity contribution in [1.29, 1.82) is 0 Å². The summed E-state index contributed by atoms with van der Waals surface area (Å²) in [4.78, 5) is 21.9. The molecule has 0 saturated heterocycles. The van der Waals surface area contributed by atoms with Crippen LogP contribution in [-0.2, 0) is 9.59 Å². The standard InChI is InChI=1S/C13H23NO2/c1-10-4-3-5-12(8-10)6-7-14-13(16)9-11(2)15/h10,12H,3-9H2,1-2H3,(H,14,16). The van der Waals surface area contributed by atoms with Crippen molar-refractivity contribution in [1.82, 2.24) is 5.32 Å². The van der Waals surface area contributed by atoms with Crippen LogP contribution < -0.4 is 5.32 Å². The van der Waals surface area contributed by atoms with E-state index >= 15 is 0 Å². The molecule has 0 aromatic heterocycles. The molecule has 0 aromatic rings. The molecule has 16 heavy (non-hydrogen) atoms. The van der Waals surface area contributed by atoms with Gasteiger partial charge in [-0.15, -0.1) is 0 Å². The molecule has 0 spiro atoms. The summed E-state index contributed by atoms with van der Waals surface area (Å²) in [5.41, 5.74) is 0. The van der Waals surface area contributed by atoms with E-state index in [1.807, 2.05) is 0 Å². The lowest BCUT2D eigenvalue weighted by Crippen LogP contribution is -2.28. The Morgan fingerprint density at radius 1 is 1.31 bits per heavy atom. The van der Waals surface area contributed by atoms with Crippen molar-refractivity contribution in [3.8, 4) is 0 Å². The summed E-state index contributed by atoms with van der Waals surface area (Å²) in [5, 5.41) is 2.82. The van der Waals surface area contributed by atoms with Crippen LogP contribution in [0, 0.1) is 11.8 Å². The Bertz CT molecular complexity index is 250. The average Bonchev–Trinajstić information content (AvgIpc) is 2.16. The van der Waals surface area contributed by atoms with E-state index in [4.69, 9.17) is 0 Å². The second kappa shape index (κ2) is 6.66. The van der Waals surface area contributed by atoms with Gasteiger partial charge in [0.25, 0.3) is 0 Å². The van der Waals surface area contributed by atoms with Crippen LogP contribution in [0.3, 0.4) is 0 Å². The van der Waals surface area contributed by atoms with E-state index in [1.54, 1.807) is 0 Å². The van der Waals surface area contributed by atoms with Gasteiger partial charge in [0.15, 0.2) is 0 Å². The monoisotopic (exact) mass is 225 g/mol. The maximum atomic E-state index is 11.2. The van der Waals surface area contributed by atoms with Gasteiger partial charge in [0.1, 0.15) is 5.78 Å². The Labute approximate surface area is 98.0 Å². The Balaban J connectivity index is 2.10. The normalized spacial score (nSPS) is 25.1. The van der Waals surface area contributed by atoms with Crippen LogP contribution in [0.5, 0.6) is 0 Å². The summed E-state index contributed by atoms with van der Waals surface area (Å²) < 4.78 is 0. The molecule has 92 valence electrons. The second-order valence-electron chi connectivity index (χ2n) is 5.16. The van der Waals surface area contributed by atoms with Crippen molar-refractivity contribution in [3.63, 3.8) is 0 Å². The Morgan fingerprint density at radius 2 is 2.06 bits per heavy atom. The molecular weight excluding hydrogens is 202 g/mol. The topological polar surface area (TPSA) is 46.2 Å². The first kappa shape index (κ1) is 13.2. The molecule has 2 atom stereocenters. The number of nitrogens with one attached hydrogen (secondary N) is 1. The predicted octanol–water partition coefficient (Wildman–Crippen LogP) is 2.30. The minimum absolute atomic E-state index is 0.0288. The summed E-state index contributed by atoms with van der Waals surface area (Å²) in [6, 6.07) is 0. The number of rotatable bonds is 5. The van der Waals surface area contributed by atoms with Crippen molar-refractivity contribution in [2.24, 2.45) is 11.8 Å². The zero-order chi connectivity index (χ0) is 12.0. The fourth-order valence-corrected chi connectivity index (χ4v) is 2.53. The molecule has 3 nitrogen and oxygen atoms in total. The number of amides is 1. The first-order valence-electron chi connectivity index (χ1n) is 6.34. The van der Waals surface area contributed by atoms with Crippen LogP contribution >= 0.6 is 0 Å². The van der Waals surface area contributed by atoms with Gasteiger partial charge in [0.2, 0.25) is 5.91 Å². The Morgan fingerprint density at radius 3 is 2.69 bits per heavy atom. The van der Waals surface area contributed by atoms with Crippen LogP contribution in [0.25, 0.3) is 0 Å². The van der Waals surface area contributed by atoms with Crippen LogP contribution in [0.4, 0.5) is 0 Å². The molecule has 0 bridgehead atoms. The number of Topliss-reactive ketones (excluding diaryl/α,β-unsaturated/α-hetero) is 1. The Hall–Kier alpha value is -0.860. The molecule has 0 heterocycles. The fraction of sp³-hybridized carbons (Fsp3) is 0.846. The second-order valence-corrected chi connectivity index (χ2v) is 5.16. The largest absolute Gasteiger partial charge is 0.356 e. The maximum absolute atomic E-state index is 11.2. The molecule has 0 aliphatic heterocycles. The van der Waals surface area contributed by atoms with Crippen molar-refractivity contribution in [2.75, 3.05) is 6.54 Å². The Kier molecular flexibility index (Phi) is 5.50. The minimum Gasteiger partial charge on any atom is -0.356 e. The van der Waals surface area contributed by atoms with E-state index in [9.17, 15) is 9.59 Å². The van der Waals surface area contributed by atoms with Crippen LogP contribution in [-0.4, -0.2) is 18.2 Å². The van der Waals surface area contributed by atoms with Gasteiger partial charge in [-0.05, 0) is 31.6 Å². The van der Waals surface area contributed by atoms with Crippen LogP contribution in [0.2, 0.25) is 0 Å². The highest BCUT2D eigenvalue weighted by atomic mass is 16.2. The van der Waals surface area contributed by atoms with Gasteiger partial charge in [-0.25, -0.2) is 0 Å². The first-order valence-corrected chi connectivity index (χ1v) is 6.34. The first-order chi connectivity index (χ1) is 7.58. The summed E-state index contributed by atoms with van der Waals surface area (Å²) >= 11 is 0. The SMILES string of the molecule is CC(=O)CC(=O)NCCC1CCCC(C)C1. The summed E-state index contributed by atoms with van der Waals surface area (Å²) in [6.45, 7) is 4.48. The number of hydrogen-bond acceptors (Lipinski definition) is 2. The molecule has 1 saturated carbocycles. The summed E-state index contributed by atoms with van der Waals surface area (Å²) in [7, 11) is 0. The number of carbonyl (C=O) groups is 2. The van der Waals surface area contributed by atoms with Crippen molar-refractivity contribution in [2.45, 2.75) is 52.4 Å². The van der Waals surface area contributed by atoms with Crippen molar-refractivity contribution >= 4 is 11.7 Å². The molecule has 1 aliphatic carbocycles. The van der Waals surface area contributed by atoms with Crippen LogP contribution in [0.15, 0.2) is 0 Å². The van der Waals surface area contributed by atoms with Gasteiger partial charge in [0.05, 0.1) is 6.42 Å². The quantitative estimate of drug-likeness (QED) is 0.730. The summed E-state index contributed by atoms with van der Waals surface area (Å²) in [5.74, 6) is 1.41. The lowest BCUT2D eigenvalue weighted by Gasteiger charge is -2.26. The van der Waals surface area contributed by atoms with Gasteiger partial charge < -0.3 is 5.32 Å². The zero-order valence-corrected chi connectivity index (χ0v) is 10.4. The number of ketones is 1.